The Hall–Kier alpha value is -3.66. The molecule has 1 aliphatic rings. The highest BCUT2D eigenvalue weighted by molar-refractivity contribution is 8.24. The Morgan fingerprint density at radius 3 is 2.56 bits per heavy atom. The number of nitrogens with zero attached hydrogens (tertiary/aromatic N) is 3. The molecule has 8 nitrogen and oxygen atoms in total. The number of aromatic carboxylic acids is 1. The number of ether oxygens (including phenoxy) is 1. The third-order valence-electron chi connectivity index (χ3n) is 5.73. The van der Waals surface area contributed by atoms with Crippen molar-refractivity contribution in [1.29, 1.82) is 0 Å². The van der Waals surface area contributed by atoms with Crippen LogP contribution in [0, 0.1) is 0 Å². The quantitative estimate of drug-likeness (QED) is 0.366. The number of hydrogen-bond donors (Lipinski definition) is 3. The number of benzene rings is 3. The fourth-order valence-corrected chi connectivity index (χ4v) is 5.50. The molecule has 2 heterocycles. The van der Waals surface area contributed by atoms with Gasteiger partial charge in [0.05, 0.1) is 27.1 Å². The van der Waals surface area contributed by atoms with Gasteiger partial charge in [0.15, 0.2) is 0 Å². The van der Waals surface area contributed by atoms with Gasteiger partial charge in [-0.3, -0.25) is 9.11 Å². The van der Waals surface area contributed by atoms with Gasteiger partial charge in [-0.25, -0.2) is 9.78 Å². The summed E-state index contributed by atoms with van der Waals surface area (Å²) in [7, 11) is -2.93. The summed E-state index contributed by atoms with van der Waals surface area (Å²) in [5.41, 5.74) is 2.41. The fourth-order valence-electron chi connectivity index (χ4n) is 3.96. The Balaban J connectivity index is 1.56. The van der Waals surface area contributed by atoms with Crippen LogP contribution in [0.3, 0.4) is 0 Å². The molecule has 0 unspecified atom stereocenters. The van der Waals surface area contributed by atoms with Crippen LogP contribution in [0.25, 0.3) is 10.9 Å². The van der Waals surface area contributed by atoms with Gasteiger partial charge in [0, 0.05) is 13.1 Å². The van der Waals surface area contributed by atoms with E-state index in [1.54, 1.807) is 18.2 Å². The average molecular weight is 478 g/mol. The number of aromatic nitrogens is 2. The standard InChI is InChI=1S/C25H23N3O5S/c29-24(30)18-10-11-21-20(14-18)23(33-16-17-6-2-1-3-7-17)27-25(26-21)28-12-13-34(31,32)22-9-5-4-8-19(22)15-28/h1-11,14,31-32H,12-13,15-16H2,(H,29,30). The molecule has 0 saturated carbocycles. The Bertz CT molecular complexity index is 1360. The van der Waals surface area contributed by atoms with E-state index in [9.17, 15) is 19.0 Å². The lowest BCUT2D eigenvalue weighted by atomic mass is 10.1. The van der Waals surface area contributed by atoms with Crippen LogP contribution in [-0.4, -0.2) is 42.4 Å². The lowest BCUT2D eigenvalue weighted by Gasteiger charge is -2.32. The van der Waals surface area contributed by atoms with Crippen molar-refractivity contribution in [2.75, 3.05) is 17.2 Å². The van der Waals surface area contributed by atoms with Gasteiger partial charge in [-0.15, -0.1) is 0 Å². The molecule has 0 amide bonds. The Morgan fingerprint density at radius 1 is 1.00 bits per heavy atom. The summed E-state index contributed by atoms with van der Waals surface area (Å²) in [6, 6.07) is 21.5. The van der Waals surface area contributed by atoms with Crippen molar-refractivity contribution in [3.05, 3.63) is 89.5 Å². The van der Waals surface area contributed by atoms with Crippen molar-refractivity contribution < 1.29 is 23.7 Å². The maximum Gasteiger partial charge on any atom is 0.335 e. The Labute approximate surface area is 197 Å². The van der Waals surface area contributed by atoms with Gasteiger partial charge in [-0.1, -0.05) is 48.5 Å². The molecule has 0 saturated heterocycles. The van der Waals surface area contributed by atoms with Crippen molar-refractivity contribution in [2.24, 2.45) is 0 Å². The van der Waals surface area contributed by atoms with E-state index < -0.39 is 16.6 Å². The molecule has 0 fully saturated rings. The van der Waals surface area contributed by atoms with Gasteiger partial charge in [0.2, 0.25) is 11.8 Å². The minimum atomic E-state index is -2.93. The molecular weight excluding hydrogens is 454 g/mol. The summed E-state index contributed by atoms with van der Waals surface area (Å²) in [6.07, 6.45) is 0. The number of hydrogen-bond acceptors (Lipinski definition) is 7. The summed E-state index contributed by atoms with van der Waals surface area (Å²) >= 11 is 0. The van der Waals surface area contributed by atoms with Crippen LogP contribution >= 0.6 is 10.6 Å². The van der Waals surface area contributed by atoms with E-state index in [1.807, 2.05) is 47.4 Å². The van der Waals surface area contributed by atoms with Crippen molar-refractivity contribution >= 4 is 33.4 Å². The number of carbonyl (C=O) groups is 1. The zero-order chi connectivity index (χ0) is 23.7. The maximum atomic E-state index is 11.5. The van der Waals surface area contributed by atoms with Gasteiger partial charge in [0.25, 0.3) is 0 Å². The summed E-state index contributed by atoms with van der Waals surface area (Å²) in [4.78, 5) is 23.3. The van der Waals surface area contributed by atoms with Gasteiger partial charge < -0.3 is 14.7 Å². The molecular formula is C25H23N3O5S. The molecule has 0 radical (unpaired) electrons. The van der Waals surface area contributed by atoms with Gasteiger partial charge in [-0.2, -0.15) is 15.6 Å². The molecule has 3 aromatic carbocycles. The lowest BCUT2D eigenvalue weighted by molar-refractivity contribution is 0.0697. The molecule has 1 aromatic heterocycles. The number of anilines is 1. The molecule has 9 heteroatoms. The topological polar surface area (TPSA) is 116 Å². The van der Waals surface area contributed by atoms with Gasteiger partial charge >= 0.3 is 5.97 Å². The first kappa shape index (κ1) is 22.1. The predicted octanol–water partition coefficient (Wildman–Crippen LogP) is 5.04. The van der Waals surface area contributed by atoms with Crippen LogP contribution in [0.15, 0.2) is 77.7 Å². The van der Waals surface area contributed by atoms with Crippen LogP contribution in [0.5, 0.6) is 5.88 Å². The number of fused-ring (bicyclic) bond motifs is 2. The predicted molar refractivity (Wildman–Crippen MR) is 131 cm³/mol. The molecule has 3 N–H and O–H groups in total. The SMILES string of the molecule is O=C(O)c1ccc2nc(N3CCS(O)(O)c4ccccc4C3)nc(OCc3ccccc3)c2c1. The van der Waals surface area contributed by atoms with Crippen LogP contribution in [0.4, 0.5) is 5.95 Å². The van der Waals surface area contributed by atoms with Crippen molar-refractivity contribution in [2.45, 2.75) is 18.0 Å². The largest absolute Gasteiger partial charge is 0.478 e. The third kappa shape index (κ3) is 4.41. The van der Waals surface area contributed by atoms with Crippen LogP contribution in [0.1, 0.15) is 21.5 Å². The van der Waals surface area contributed by atoms with E-state index in [-0.39, 0.29) is 23.8 Å². The normalized spacial score (nSPS) is 15.9. The molecule has 0 bridgehead atoms. The van der Waals surface area contributed by atoms with E-state index in [1.165, 1.54) is 12.1 Å². The molecule has 0 spiro atoms. The summed E-state index contributed by atoms with van der Waals surface area (Å²) < 4.78 is 27.4. The molecule has 0 atom stereocenters. The zero-order valence-electron chi connectivity index (χ0n) is 18.2. The Kier molecular flexibility index (Phi) is 5.82. The molecule has 1 aliphatic heterocycles. The van der Waals surface area contributed by atoms with Crippen LogP contribution < -0.4 is 9.64 Å². The zero-order valence-corrected chi connectivity index (χ0v) is 19.0. The fraction of sp³-hybridized carbons (Fsp3) is 0.160. The first-order valence-electron chi connectivity index (χ1n) is 10.7. The molecule has 5 rings (SSSR count). The number of carboxylic acid groups (broad SMARTS) is 1. The molecule has 34 heavy (non-hydrogen) atoms. The highest BCUT2D eigenvalue weighted by atomic mass is 32.3. The maximum absolute atomic E-state index is 11.5. The average Bonchev–Trinajstić information content (AvgIpc) is 2.98. The highest BCUT2D eigenvalue weighted by Crippen LogP contribution is 2.51. The Morgan fingerprint density at radius 2 is 1.76 bits per heavy atom. The third-order valence-corrected chi connectivity index (χ3v) is 7.58. The van der Waals surface area contributed by atoms with Gasteiger partial charge in [0.1, 0.15) is 6.61 Å². The second kappa shape index (κ2) is 8.94. The monoisotopic (exact) mass is 477 g/mol. The summed E-state index contributed by atoms with van der Waals surface area (Å²) in [5, 5.41) is 9.94. The summed E-state index contributed by atoms with van der Waals surface area (Å²) in [5.74, 6) is -0.236. The molecule has 174 valence electrons. The van der Waals surface area contributed by atoms with E-state index in [2.05, 4.69) is 9.97 Å². The van der Waals surface area contributed by atoms with Crippen LogP contribution in [-0.2, 0) is 13.2 Å². The van der Waals surface area contributed by atoms with E-state index >= 15 is 0 Å². The van der Waals surface area contributed by atoms with Crippen molar-refractivity contribution in [3.63, 3.8) is 0 Å². The molecule has 0 aliphatic carbocycles. The van der Waals surface area contributed by atoms with E-state index in [0.29, 0.717) is 34.8 Å². The lowest BCUT2D eigenvalue weighted by Crippen LogP contribution is -2.27. The molecule has 4 aromatic rings. The van der Waals surface area contributed by atoms with E-state index in [0.717, 1.165) is 11.1 Å². The smallest absolute Gasteiger partial charge is 0.335 e. The second-order valence-corrected chi connectivity index (χ2v) is 10.2. The first-order chi connectivity index (χ1) is 16.4. The van der Waals surface area contributed by atoms with Crippen LogP contribution in [0.2, 0.25) is 0 Å². The first-order valence-corrected chi connectivity index (χ1v) is 12.4. The second-order valence-electron chi connectivity index (χ2n) is 8.04. The summed E-state index contributed by atoms with van der Waals surface area (Å²) in [6.45, 7) is 1.00. The minimum Gasteiger partial charge on any atom is -0.478 e. The minimum absolute atomic E-state index is 0.117. The van der Waals surface area contributed by atoms with Gasteiger partial charge in [-0.05, 0) is 35.4 Å². The van der Waals surface area contributed by atoms with E-state index in [4.69, 9.17) is 4.74 Å². The van der Waals surface area contributed by atoms with Crippen molar-refractivity contribution in [3.8, 4) is 5.88 Å². The number of carboxylic acids is 1. The highest BCUT2D eigenvalue weighted by Gasteiger charge is 2.27. The number of rotatable bonds is 5. The van der Waals surface area contributed by atoms with Crippen molar-refractivity contribution in [1.82, 2.24) is 9.97 Å².